The third-order valence-electron chi connectivity index (χ3n) is 4.66. The van der Waals surface area contributed by atoms with Crippen LogP contribution in [0.3, 0.4) is 0 Å². The monoisotopic (exact) mass is 371 g/mol. The largest absolute Gasteiger partial charge is 0.339 e. The highest BCUT2D eigenvalue weighted by Crippen LogP contribution is 2.15. The highest BCUT2D eigenvalue weighted by molar-refractivity contribution is 6.05. The standard InChI is InChI=1S/C20H22FN3O3/c1-23-13-15(19(26)24-9-4-2-3-5-10-24)12-17(20(23)27)22-18(25)14-7-6-8-16(21)11-14/h6-8,11-13H,2-5,9-10H2,1H3,(H,22,25). The van der Waals surface area contributed by atoms with Crippen LogP contribution in [0.2, 0.25) is 0 Å². The van der Waals surface area contributed by atoms with Gasteiger partial charge < -0.3 is 14.8 Å². The third kappa shape index (κ3) is 4.42. The maximum atomic E-state index is 13.3. The molecular formula is C20H22FN3O3. The predicted molar refractivity (Wildman–Crippen MR) is 100 cm³/mol. The highest BCUT2D eigenvalue weighted by Gasteiger charge is 2.20. The van der Waals surface area contributed by atoms with Gasteiger partial charge in [-0.25, -0.2) is 4.39 Å². The Labute approximate surface area is 156 Å². The molecule has 0 unspecified atom stereocenters. The maximum Gasteiger partial charge on any atom is 0.274 e. The first-order valence-electron chi connectivity index (χ1n) is 9.02. The average Bonchev–Trinajstić information content (AvgIpc) is 2.94. The molecule has 2 amide bonds. The summed E-state index contributed by atoms with van der Waals surface area (Å²) < 4.78 is 14.6. The number of likely N-dealkylation sites (tertiary alicyclic amines) is 1. The van der Waals surface area contributed by atoms with Crippen molar-refractivity contribution in [2.24, 2.45) is 7.05 Å². The fourth-order valence-electron chi connectivity index (χ4n) is 3.20. The number of benzene rings is 1. The molecule has 2 heterocycles. The highest BCUT2D eigenvalue weighted by atomic mass is 19.1. The Morgan fingerprint density at radius 2 is 1.74 bits per heavy atom. The summed E-state index contributed by atoms with van der Waals surface area (Å²) >= 11 is 0. The minimum Gasteiger partial charge on any atom is -0.339 e. The second-order valence-corrected chi connectivity index (χ2v) is 6.73. The number of halogens is 1. The smallest absolute Gasteiger partial charge is 0.274 e. The van der Waals surface area contributed by atoms with Gasteiger partial charge in [-0.3, -0.25) is 14.4 Å². The molecule has 1 aliphatic rings. The summed E-state index contributed by atoms with van der Waals surface area (Å²) in [7, 11) is 1.53. The van der Waals surface area contributed by atoms with Crippen LogP contribution in [0, 0.1) is 5.82 Å². The van der Waals surface area contributed by atoms with E-state index in [0.29, 0.717) is 18.7 Å². The van der Waals surface area contributed by atoms with E-state index in [4.69, 9.17) is 0 Å². The Balaban J connectivity index is 1.86. The number of amides is 2. The van der Waals surface area contributed by atoms with Gasteiger partial charge in [-0.05, 0) is 37.1 Å². The van der Waals surface area contributed by atoms with E-state index in [1.807, 2.05) is 0 Å². The van der Waals surface area contributed by atoms with Crippen LogP contribution in [-0.2, 0) is 7.05 Å². The Morgan fingerprint density at radius 1 is 1.04 bits per heavy atom. The van der Waals surface area contributed by atoms with Crippen molar-refractivity contribution in [1.29, 1.82) is 0 Å². The lowest BCUT2D eigenvalue weighted by Crippen LogP contribution is -2.33. The van der Waals surface area contributed by atoms with Crippen molar-refractivity contribution in [2.75, 3.05) is 18.4 Å². The molecular weight excluding hydrogens is 349 g/mol. The zero-order valence-electron chi connectivity index (χ0n) is 15.2. The van der Waals surface area contributed by atoms with E-state index in [9.17, 15) is 18.8 Å². The van der Waals surface area contributed by atoms with E-state index in [1.165, 1.54) is 42.1 Å². The fraction of sp³-hybridized carbons (Fsp3) is 0.350. The number of nitrogens with one attached hydrogen (secondary N) is 1. The lowest BCUT2D eigenvalue weighted by molar-refractivity contribution is 0.0760. The molecule has 142 valence electrons. The summed E-state index contributed by atoms with van der Waals surface area (Å²) in [6, 6.07) is 6.59. The quantitative estimate of drug-likeness (QED) is 0.902. The summed E-state index contributed by atoms with van der Waals surface area (Å²) in [5, 5.41) is 2.50. The summed E-state index contributed by atoms with van der Waals surface area (Å²) in [5.74, 6) is -1.31. The zero-order valence-corrected chi connectivity index (χ0v) is 15.2. The number of nitrogens with zero attached hydrogens (tertiary/aromatic N) is 2. The summed E-state index contributed by atoms with van der Waals surface area (Å²) in [4.78, 5) is 39.3. The molecule has 7 heteroatoms. The van der Waals surface area contributed by atoms with Crippen molar-refractivity contribution in [3.05, 3.63) is 63.8 Å². The number of hydrogen-bond donors (Lipinski definition) is 1. The molecule has 1 saturated heterocycles. The topological polar surface area (TPSA) is 71.4 Å². The summed E-state index contributed by atoms with van der Waals surface area (Å²) in [5.41, 5.74) is -0.00514. The van der Waals surface area contributed by atoms with Crippen molar-refractivity contribution in [3.8, 4) is 0 Å². The molecule has 3 rings (SSSR count). The van der Waals surface area contributed by atoms with E-state index in [1.54, 1.807) is 4.90 Å². The molecule has 2 aromatic rings. The molecule has 1 aromatic carbocycles. The molecule has 0 bridgehead atoms. The van der Waals surface area contributed by atoms with Gasteiger partial charge in [0.2, 0.25) is 0 Å². The number of rotatable bonds is 3. The second kappa shape index (κ2) is 8.16. The first-order chi connectivity index (χ1) is 13.0. The van der Waals surface area contributed by atoms with Crippen molar-refractivity contribution < 1.29 is 14.0 Å². The molecule has 0 saturated carbocycles. The van der Waals surface area contributed by atoms with Gasteiger partial charge in [0, 0.05) is 31.9 Å². The van der Waals surface area contributed by atoms with Gasteiger partial charge >= 0.3 is 0 Å². The van der Waals surface area contributed by atoms with Crippen LogP contribution in [0.25, 0.3) is 0 Å². The SMILES string of the molecule is Cn1cc(C(=O)N2CCCCCC2)cc(NC(=O)c2cccc(F)c2)c1=O. The Kier molecular flexibility index (Phi) is 5.69. The lowest BCUT2D eigenvalue weighted by Gasteiger charge is -2.21. The van der Waals surface area contributed by atoms with Crippen molar-refractivity contribution in [1.82, 2.24) is 9.47 Å². The average molecular weight is 371 g/mol. The first kappa shape index (κ1) is 18.8. The maximum absolute atomic E-state index is 13.3. The van der Waals surface area contributed by atoms with E-state index in [2.05, 4.69) is 5.32 Å². The Hall–Kier alpha value is -2.96. The zero-order chi connectivity index (χ0) is 19.4. The van der Waals surface area contributed by atoms with Gasteiger partial charge in [-0.2, -0.15) is 0 Å². The number of pyridine rings is 1. The predicted octanol–water partition coefficient (Wildman–Crippen LogP) is 2.79. The van der Waals surface area contributed by atoms with Crippen LogP contribution in [0.1, 0.15) is 46.4 Å². The first-order valence-corrected chi connectivity index (χ1v) is 9.02. The summed E-state index contributed by atoms with van der Waals surface area (Å²) in [6.45, 7) is 1.37. The van der Waals surface area contributed by atoms with Gasteiger partial charge in [-0.15, -0.1) is 0 Å². The van der Waals surface area contributed by atoms with Gasteiger partial charge in [0.1, 0.15) is 11.5 Å². The molecule has 1 aliphatic heterocycles. The molecule has 0 aliphatic carbocycles. The molecule has 0 radical (unpaired) electrons. The molecule has 6 nitrogen and oxygen atoms in total. The molecule has 0 atom stereocenters. The lowest BCUT2D eigenvalue weighted by atomic mass is 10.2. The van der Waals surface area contributed by atoms with E-state index < -0.39 is 17.3 Å². The Bertz CT molecular complexity index is 915. The van der Waals surface area contributed by atoms with Crippen LogP contribution in [0.5, 0.6) is 0 Å². The van der Waals surface area contributed by atoms with Gasteiger partial charge in [0.15, 0.2) is 0 Å². The number of aryl methyl sites for hydroxylation is 1. The Morgan fingerprint density at radius 3 is 2.41 bits per heavy atom. The molecule has 27 heavy (non-hydrogen) atoms. The van der Waals surface area contributed by atoms with Crippen LogP contribution < -0.4 is 10.9 Å². The minimum atomic E-state index is -0.606. The van der Waals surface area contributed by atoms with Gasteiger partial charge in [0.25, 0.3) is 17.4 Å². The van der Waals surface area contributed by atoms with Crippen LogP contribution in [0.15, 0.2) is 41.3 Å². The number of carbonyl (C=O) groups excluding carboxylic acids is 2. The number of anilines is 1. The van der Waals surface area contributed by atoms with Crippen LogP contribution in [0.4, 0.5) is 10.1 Å². The normalized spacial score (nSPS) is 14.5. The van der Waals surface area contributed by atoms with E-state index in [0.717, 1.165) is 31.7 Å². The van der Waals surface area contributed by atoms with Crippen molar-refractivity contribution in [2.45, 2.75) is 25.7 Å². The van der Waals surface area contributed by atoms with Crippen molar-refractivity contribution >= 4 is 17.5 Å². The third-order valence-corrected chi connectivity index (χ3v) is 4.66. The minimum absolute atomic E-state index is 0.00701. The molecule has 1 N–H and O–H groups in total. The van der Waals surface area contributed by atoms with Crippen molar-refractivity contribution in [3.63, 3.8) is 0 Å². The van der Waals surface area contributed by atoms with Gasteiger partial charge in [0.05, 0.1) is 5.56 Å². The molecule has 1 fully saturated rings. The van der Waals surface area contributed by atoms with Crippen LogP contribution in [-0.4, -0.2) is 34.4 Å². The second-order valence-electron chi connectivity index (χ2n) is 6.73. The number of hydrogen-bond acceptors (Lipinski definition) is 3. The number of carbonyl (C=O) groups is 2. The molecule has 0 spiro atoms. The number of aromatic nitrogens is 1. The van der Waals surface area contributed by atoms with Gasteiger partial charge in [-0.1, -0.05) is 18.9 Å². The fourth-order valence-corrected chi connectivity index (χ4v) is 3.20. The van der Waals surface area contributed by atoms with E-state index in [-0.39, 0.29) is 17.2 Å². The molecule has 1 aromatic heterocycles. The van der Waals surface area contributed by atoms with E-state index >= 15 is 0 Å². The van der Waals surface area contributed by atoms with Crippen LogP contribution >= 0.6 is 0 Å². The summed E-state index contributed by atoms with van der Waals surface area (Å²) in [6.07, 6.45) is 5.60.